The summed E-state index contributed by atoms with van der Waals surface area (Å²) in [6.45, 7) is 6.56. The molecule has 0 spiro atoms. The number of carboxylic acid groups (broad SMARTS) is 1. The van der Waals surface area contributed by atoms with Crippen LogP contribution in [0.3, 0.4) is 0 Å². The highest BCUT2D eigenvalue weighted by molar-refractivity contribution is 5.88. The van der Waals surface area contributed by atoms with Crippen LogP contribution in [-0.4, -0.2) is 53.6 Å². The Kier molecular flexibility index (Phi) is 5.57. The Morgan fingerprint density at radius 3 is 2.48 bits per heavy atom. The number of hydrogen-bond donors (Lipinski definition) is 3. The third-order valence-electron chi connectivity index (χ3n) is 3.35. The second-order valence-corrected chi connectivity index (χ2v) is 6.78. The van der Waals surface area contributed by atoms with Gasteiger partial charge in [-0.05, 0) is 18.3 Å². The summed E-state index contributed by atoms with van der Waals surface area (Å²) >= 11 is 0. The number of likely N-dealkylation sites (tertiary alicyclic amines) is 1. The first-order valence-electron chi connectivity index (χ1n) is 7.12. The SMILES string of the molecule is CN1CCC(NC(=O)NC(CC(=O)O)CC(C)(C)C)C1=O. The molecule has 2 unspecified atom stereocenters. The van der Waals surface area contributed by atoms with Crippen molar-refractivity contribution < 1.29 is 19.5 Å². The zero-order valence-electron chi connectivity index (χ0n) is 13.1. The molecule has 3 amide bonds. The van der Waals surface area contributed by atoms with Crippen LogP contribution in [0.1, 0.15) is 40.0 Å². The third-order valence-corrected chi connectivity index (χ3v) is 3.35. The summed E-state index contributed by atoms with van der Waals surface area (Å²) in [6.07, 6.45) is 0.986. The molecule has 1 fully saturated rings. The van der Waals surface area contributed by atoms with E-state index in [2.05, 4.69) is 10.6 Å². The zero-order valence-corrected chi connectivity index (χ0v) is 13.1. The molecule has 0 bridgehead atoms. The minimum absolute atomic E-state index is 0.100. The second kappa shape index (κ2) is 6.78. The number of nitrogens with zero attached hydrogens (tertiary/aromatic N) is 1. The minimum Gasteiger partial charge on any atom is -0.481 e. The van der Waals surface area contributed by atoms with Gasteiger partial charge < -0.3 is 20.6 Å². The van der Waals surface area contributed by atoms with Crippen LogP contribution in [0.4, 0.5) is 4.79 Å². The lowest BCUT2D eigenvalue weighted by Gasteiger charge is -2.26. The maximum atomic E-state index is 11.9. The molecule has 1 saturated heterocycles. The Hall–Kier alpha value is -1.79. The van der Waals surface area contributed by atoms with Crippen molar-refractivity contribution >= 4 is 17.9 Å². The summed E-state index contributed by atoms with van der Waals surface area (Å²) in [5.41, 5.74) is -0.100. The van der Waals surface area contributed by atoms with Gasteiger partial charge >= 0.3 is 12.0 Å². The quantitative estimate of drug-likeness (QED) is 0.699. The molecule has 7 heteroatoms. The first kappa shape index (κ1) is 17.3. The predicted molar refractivity (Wildman–Crippen MR) is 77.8 cm³/mol. The number of urea groups is 1. The first-order valence-corrected chi connectivity index (χ1v) is 7.12. The monoisotopic (exact) mass is 299 g/mol. The molecule has 0 aliphatic carbocycles. The Bertz CT molecular complexity index is 417. The standard InChI is InChI=1S/C14H25N3O4/c1-14(2,3)8-9(7-11(18)19)15-13(21)16-10-5-6-17(4)12(10)20/h9-10H,5-8H2,1-4H3,(H,18,19)(H2,15,16,21). The highest BCUT2D eigenvalue weighted by atomic mass is 16.4. The summed E-state index contributed by atoms with van der Waals surface area (Å²) in [7, 11) is 1.69. The van der Waals surface area contributed by atoms with Crippen molar-refractivity contribution in [1.29, 1.82) is 0 Å². The van der Waals surface area contributed by atoms with E-state index in [0.717, 1.165) is 0 Å². The molecule has 21 heavy (non-hydrogen) atoms. The van der Waals surface area contributed by atoms with E-state index in [9.17, 15) is 14.4 Å². The molecule has 0 aromatic rings. The number of aliphatic carboxylic acids is 1. The lowest BCUT2D eigenvalue weighted by Crippen LogP contribution is -2.49. The van der Waals surface area contributed by atoms with E-state index in [4.69, 9.17) is 5.11 Å². The normalized spacial score (nSPS) is 20.3. The molecule has 1 rings (SSSR count). The molecule has 120 valence electrons. The van der Waals surface area contributed by atoms with Crippen LogP contribution in [-0.2, 0) is 9.59 Å². The molecule has 1 aliphatic heterocycles. The molecule has 0 saturated carbocycles. The summed E-state index contributed by atoms with van der Waals surface area (Å²) in [6, 6.07) is -1.47. The molecular formula is C14H25N3O4. The predicted octanol–water partition coefficient (Wildman–Crippen LogP) is 0.796. The number of rotatable bonds is 5. The van der Waals surface area contributed by atoms with E-state index in [1.165, 1.54) is 0 Å². The summed E-state index contributed by atoms with van der Waals surface area (Å²) in [5, 5.41) is 14.2. The summed E-state index contributed by atoms with van der Waals surface area (Å²) in [4.78, 5) is 36.1. The molecule has 3 N–H and O–H groups in total. The van der Waals surface area contributed by atoms with Gasteiger partial charge in [0, 0.05) is 19.6 Å². The van der Waals surface area contributed by atoms with Crippen molar-refractivity contribution in [2.24, 2.45) is 5.41 Å². The topological polar surface area (TPSA) is 98.7 Å². The average molecular weight is 299 g/mol. The maximum Gasteiger partial charge on any atom is 0.315 e. The number of likely N-dealkylation sites (N-methyl/N-ethyl adjacent to an activating group) is 1. The molecule has 1 aliphatic rings. The van der Waals surface area contributed by atoms with Gasteiger partial charge in [0.25, 0.3) is 0 Å². The molecule has 2 atom stereocenters. The van der Waals surface area contributed by atoms with Gasteiger partial charge in [0.2, 0.25) is 5.91 Å². The Morgan fingerprint density at radius 2 is 2.05 bits per heavy atom. The fraction of sp³-hybridized carbons (Fsp3) is 0.786. The van der Waals surface area contributed by atoms with E-state index in [0.29, 0.717) is 19.4 Å². The fourth-order valence-electron chi connectivity index (χ4n) is 2.47. The van der Waals surface area contributed by atoms with E-state index in [-0.39, 0.29) is 17.7 Å². The van der Waals surface area contributed by atoms with E-state index < -0.39 is 24.1 Å². The van der Waals surface area contributed by atoms with E-state index in [1.807, 2.05) is 20.8 Å². The number of carboxylic acids is 1. The Labute approximate surface area is 125 Å². The summed E-state index contributed by atoms with van der Waals surface area (Å²) < 4.78 is 0. The van der Waals surface area contributed by atoms with Gasteiger partial charge in [0.05, 0.1) is 6.42 Å². The van der Waals surface area contributed by atoms with Crippen LogP contribution in [0.5, 0.6) is 0 Å². The van der Waals surface area contributed by atoms with Crippen LogP contribution >= 0.6 is 0 Å². The number of carbonyl (C=O) groups is 3. The van der Waals surface area contributed by atoms with E-state index in [1.54, 1.807) is 11.9 Å². The zero-order chi connectivity index (χ0) is 16.2. The lowest BCUT2D eigenvalue weighted by atomic mass is 9.87. The van der Waals surface area contributed by atoms with Crippen molar-refractivity contribution in [2.75, 3.05) is 13.6 Å². The highest BCUT2D eigenvalue weighted by Crippen LogP contribution is 2.22. The first-order chi connectivity index (χ1) is 9.58. The second-order valence-electron chi connectivity index (χ2n) is 6.78. The van der Waals surface area contributed by atoms with Crippen LogP contribution in [0, 0.1) is 5.41 Å². The third kappa shape index (κ3) is 6.01. The van der Waals surface area contributed by atoms with Gasteiger partial charge in [-0.15, -0.1) is 0 Å². The molecule has 0 radical (unpaired) electrons. The molecule has 1 heterocycles. The fourth-order valence-corrected chi connectivity index (χ4v) is 2.47. The van der Waals surface area contributed by atoms with Gasteiger partial charge in [-0.1, -0.05) is 20.8 Å². The van der Waals surface area contributed by atoms with E-state index >= 15 is 0 Å². The Morgan fingerprint density at radius 1 is 1.43 bits per heavy atom. The van der Waals surface area contributed by atoms with Gasteiger partial charge in [0.1, 0.15) is 6.04 Å². The van der Waals surface area contributed by atoms with Crippen molar-refractivity contribution in [3.63, 3.8) is 0 Å². The van der Waals surface area contributed by atoms with Crippen LogP contribution in [0.25, 0.3) is 0 Å². The van der Waals surface area contributed by atoms with Gasteiger partial charge in [-0.25, -0.2) is 4.79 Å². The maximum absolute atomic E-state index is 11.9. The highest BCUT2D eigenvalue weighted by Gasteiger charge is 2.31. The van der Waals surface area contributed by atoms with Crippen LogP contribution in [0.2, 0.25) is 0 Å². The number of hydrogen-bond acceptors (Lipinski definition) is 3. The largest absolute Gasteiger partial charge is 0.481 e. The molecular weight excluding hydrogens is 274 g/mol. The van der Waals surface area contributed by atoms with Crippen molar-refractivity contribution in [3.05, 3.63) is 0 Å². The van der Waals surface area contributed by atoms with Gasteiger partial charge in [-0.2, -0.15) is 0 Å². The van der Waals surface area contributed by atoms with Gasteiger partial charge in [-0.3, -0.25) is 9.59 Å². The molecule has 7 nitrogen and oxygen atoms in total. The van der Waals surface area contributed by atoms with Gasteiger partial charge in [0.15, 0.2) is 0 Å². The van der Waals surface area contributed by atoms with Crippen LogP contribution in [0.15, 0.2) is 0 Å². The number of nitrogens with one attached hydrogen (secondary N) is 2. The Balaban J connectivity index is 2.55. The smallest absolute Gasteiger partial charge is 0.315 e. The van der Waals surface area contributed by atoms with Crippen molar-refractivity contribution in [1.82, 2.24) is 15.5 Å². The van der Waals surface area contributed by atoms with Crippen LogP contribution < -0.4 is 10.6 Å². The number of amides is 3. The number of carbonyl (C=O) groups excluding carboxylic acids is 2. The minimum atomic E-state index is -0.957. The average Bonchev–Trinajstić information content (AvgIpc) is 2.57. The molecule has 0 aromatic carbocycles. The summed E-state index contributed by atoms with van der Waals surface area (Å²) in [5.74, 6) is -1.07. The lowest BCUT2D eigenvalue weighted by molar-refractivity contribution is -0.137. The van der Waals surface area contributed by atoms with Crippen molar-refractivity contribution in [2.45, 2.75) is 52.1 Å². The molecule has 0 aromatic heterocycles. The van der Waals surface area contributed by atoms with Crippen molar-refractivity contribution in [3.8, 4) is 0 Å².